The summed E-state index contributed by atoms with van der Waals surface area (Å²) in [4.78, 5) is 11.3. The molecular weight excluding hydrogens is 216 g/mol. The van der Waals surface area contributed by atoms with Crippen LogP contribution < -0.4 is 0 Å². The molecule has 0 saturated carbocycles. The zero-order valence-corrected chi connectivity index (χ0v) is 7.89. The number of halogens is 1. The van der Waals surface area contributed by atoms with Gasteiger partial charge in [-0.15, -0.1) is 28.3 Å². The molecule has 0 aliphatic carbocycles. The molecule has 0 amide bonds. The van der Waals surface area contributed by atoms with Crippen molar-refractivity contribution >= 4 is 34.3 Å². The summed E-state index contributed by atoms with van der Waals surface area (Å²) in [7, 11) is 1.38. The van der Waals surface area contributed by atoms with E-state index in [4.69, 9.17) is 0 Å². The Bertz CT molecular complexity index is 196. The van der Waals surface area contributed by atoms with Crippen LogP contribution in [0.1, 0.15) is 9.67 Å². The van der Waals surface area contributed by atoms with Gasteiger partial charge < -0.3 is 4.74 Å². The maximum atomic E-state index is 10.7. The van der Waals surface area contributed by atoms with Crippen molar-refractivity contribution in [3.8, 4) is 0 Å². The summed E-state index contributed by atoms with van der Waals surface area (Å²) >= 11 is 1.38. The van der Waals surface area contributed by atoms with E-state index in [0.717, 1.165) is 0 Å². The van der Waals surface area contributed by atoms with E-state index < -0.39 is 0 Å². The molecule has 4 heteroatoms. The molecule has 1 heterocycles. The van der Waals surface area contributed by atoms with Crippen LogP contribution in [0, 0.1) is 0 Å². The average Bonchev–Trinajstić information content (AvgIpc) is 2.37. The summed E-state index contributed by atoms with van der Waals surface area (Å²) in [5.41, 5.74) is 0. The molecule has 0 N–H and O–H groups in total. The third-order valence-corrected chi connectivity index (χ3v) is 1.76. The SMILES string of the molecule is Br.COC(=O)c1cccs1. The predicted octanol–water partition coefficient (Wildman–Crippen LogP) is 2.11. The summed E-state index contributed by atoms with van der Waals surface area (Å²) in [6, 6.07) is 3.55. The second-order valence-corrected chi connectivity index (χ2v) is 2.42. The number of esters is 1. The first kappa shape index (κ1) is 9.65. The molecule has 0 radical (unpaired) electrons. The molecule has 10 heavy (non-hydrogen) atoms. The molecule has 56 valence electrons. The van der Waals surface area contributed by atoms with Crippen LogP contribution in [0.2, 0.25) is 0 Å². The largest absolute Gasteiger partial charge is 0.465 e. The lowest BCUT2D eigenvalue weighted by molar-refractivity contribution is 0.0606. The van der Waals surface area contributed by atoms with Gasteiger partial charge in [0, 0.05) is 0 Å². The minimum absolute atomic E-state index is 0. The van der Waals surface area contributed by atoms with Crippen LogP contribution in [0.15, 0.2) is 17.5 Å². The fraction of sp³-hybridized carbons (Fsp3) is 0.167. The zero-order valence-electron chi connectivity index (χ0n) is 5.37. The highest BCUT2D eigenvalue weighted by Gasteiger charge is 2.03. The monoisotopic (exact) mass is 222 g/mol. The van der Waals surface area contributed by atoms with Gasteiger partial charge in [-0.25, -0.2) is 4.79 Å². The van der Waals surface area contributed by atoms with Gasteiger partial charge in [-0.2, -0.15) is 0 Å². The Morgan fingerprint density at radius 1 is 1.70 bits per heavy atom. The fourth-order valence-corrected chi connectivity index (χ4v) is 1.14. The van der Waals surface area contributed by atoms with E-state index in [1.807, 2.05) is 11.4 Å². The standard InChI is InChI=1S/C6H6O2S.BrH/c1-8-6(7)5-3-2-4-9-5;/h2-4H,1H3;1H. The van der Waals surface area contributed by atoms with Gasteiger partial charge in [0.05, 0.1) is 7.11 Å². The molecular formula is C6H7BrO2S. The summed E-state index contributed by atoms with van der Waals surface area (Å²) in [5.74, 6) is -0.259. The van der Waals surface area contributed by atoms with Crippen molar-refractivity contribution in [1.29, 1.82) is 0 Å². The van der Waals surface area contributed by atoms with E-state index in [1.54, 1.807) is 6.07 Å². The third-order valence-electron chi connectivity index (χ3n) is 0.908. The normalized spacial score (nSPS) is 8.10. The van der Waals surface area contributed by atoms with Crippen molar-refractivity contribution in [3.63, 3.8) is 0 Å². The maximum Gasteiger partial charge on any atom is 0.348 e. The molecule has 0 unspecified atom stereocenters. The summed E-state index contributed by atoms with van der Waals surface area (Å²) < 4.78 is 4.47. The minimum Gasteiger partial charge on any atom is -0.465 e. The van der Waals surface area contributed by atoms with Crippen LogP contribution in [0.5, 0.6) is 0 Å². The van der Waals surface area contributed by atoms with E-state index >= 15 is 0 Å². The van der Waals surface area contributed by atoms with E-state index in [9.17, 15) is 4.79 Å². The number of hydrogen-bond acceptors (Lipinski definition) is 3. The number of carbonyl (C=O) groups is 1. The Morgan fingerprint density at radius 2 is 2.40 bits per heavy atom. The summed E-state index contributed by atoms with van der Waals surface area (Å²) in [6.07, 6.45) is 0. The Morgan fingerprint density at radius 3 is 2.80 bits per heavy atom. The second-order valence-electron chi connectivity index (χ2n) is 1.47. The topological polar surface area (TPSA) is 26.3 Å². The Kier molecular flexibility index (Phi) is 4.31. The molecule has 0 aliphatic rings. The average molecular weight is 223 g/mol. The molecule has 1 rings (SSSR count). The van der Waals surface area contributed by atoms with Gasteiger partial charge in [0.2, 0.25) is 0 Å². The summed E-state index contributed by atoms with van der Waals surface area (Å²) in [5, 5.41) is 1.84. The fourth-order valence-electron chi connectivity index (χ4n) is 0.495. The molecule has 1 aromatic heterocycles. The Balaban J connectivity index is 0.000000810. The van der Waals surface area contributed by atoms with Crippen LogP contribution in [0.4, 0.5) is 0 Å². The highest BCUT2D eigenvalue weighted by molar-refractivity contribution is 8.93. The first-order chi connectivity index (χ1) is 4.34. The van der Waals surface area contributed by atoms with Gasteiger partial charge in [0.1, 0.15) is 4.88 Å². The van der Waals surface area contributed by atoms with Gasteiger partial charge in [-0.05, 0) is 11.4 Å². The first-order valence-corrected chi connectivity index (χ1v) is 3.34. The molecule has 1 aromatic rings. The predicted molar refractivity (Wildman–Crippen MR) is 46.0 cm³/mol. The van der Waals surface area contributed by atoms with Crippen molar-refractivity contribution in [2.45, 2.75) is 0 Å². The number of thiophene rings is 1. The molecule has 0 aliphatic heterocycles. The van der Waals surface area contributed by atoms with Crippen LogP contribution in [0.3, 0.4) is 0 Å². The molecule has 0 bridgehead atoms. The lowest BCUT2D eigenvalue weighted by Gasteiger charge is -1.90. The van der Waals surface area contributed by atoms with Crippen molar-refractivity contribution < 1.29 is 9.53 Å². The zero-order chi connectivity index (χ0) is 6.69. The van der Waals surface area contributed by atoms with Crippen molar-refractivity contribution in [1.82, 2.24) is 0 Å². The van der Waals surface area contributed by atoms with Crippen LogP contribution in [0.25, 0.3) is 0 Å². The smallest absolute Gasteiger partial charge is 0.348 e. The number of ether oxygens (including phenoxy) is 1. The second kappa shape index (κ2) is 4.46. The van der Waals surface area contributed by atoms with Gasteiger partial charge in [-0.3, -0.25) is 0 Å². The third kappa shape index (κ3) is 2.11. The lowest BCUT2D eigenvalue weighted by atomic mass is 10.5. The minimum atomic E-state index is -0.259. The van der Waals surface area contributed by atoms with Crippen LogP contribution in [-0.2, 0) is 4.74 Å². The van der Waals surface area contributed by atoms with Gasteiger partial charge >= 0.3 is 5.97 Å². The summed E-state index contributed by atoms with van der Waals surface area (Å²) in [6.45, 7) is 0. The van der Waals surface area contributed by atoms with Gasteiger partial charge in [-0.1, -0.05) is 6.07 Å². The van der Waals surface area contributed by atoms with Gasteiger partial charge in [0.15, 0.2) is 0 Å². The van der Waals surface area contributed by atoms with Crippen molar-refractivity contribution in [2.75, 3.05) is 7.11 Å². The number of rotatable bonds is 1. The van der Waals surface area contributed by atoms with E-state index in [0.29, 0.717) is 4.88 Å². The van der Waals surface area contributed by atoms with Gasteiger partial charge in [0.25, 0.3) is 0 Å². The molecule has 0 saturated heterocycles. The Labute approximate surface area is 73.6 Å². The van der Waals surface area contributed by atoms with E-state index in [1.165, 1.54) is 18.4 Å². The van der Waals surface area contributed by atoms with Crippen molar-refractivity contribution in [3.05, 3.63) is 22.4 Å². The first-order valence-electron chi connectivity index (χ1n) is 2.46. The lowest BCUT2D eigenvalue weighted by Crippen LogP contribution is -1.96. The van der Waals surface area contributed by atoms with Crippen LogP contribution >= 0.6 is 28.3 Å². The molecule has 0 atom stereocenters. The molecule has 2 nitrogen and oxygen atoms in total. The molecule has 0 fully saturated rings. The Hall–Kier alpha value is -0.350. The quantitative estimate of drug-likeness (QED) is 0.681. The highest BCUT2D eigenvalue weighted by atomic mass is 79.9. The number of carbonyl (C=O) groups excluding carboxylic acids is 1. The molecule has 0 aromatic carbocycles. The number of hydrogen-bond donors (Lipinski definition) is 0. The van der Waals surface area contributed by atoms with Crippen LogP contribution in [-0.4, -0.2) is 13.1 Å². The highest BCUT2D eigenvalue weighted by Crippen LogP contribution is 2.08. The molecule has 0 spiro atoms. The number of methoxy groups -OCH3 is 1. The van der Waals surface area contributed by atoms with Crippen molar-refractivity contribution in [2.24, 2.45) is 0 Å². The maximum absolute atomic E-state index is 10.7. The van der Waals surface area contributed by atoms with E-state index in [-0.39, 0.29) is 23.0 Å². The van der Waals surface area contributed by atoms with E-state index in [2.05, 4.69) is 4.74 Å².